The lowest BCUT2D eigenvalue weighted by Gasteiger charge is -2.50. The van der Waals surface area contributed by atoms with Crippen molar-refractivity contribution in [3.05, 3.63) is 70.8 Å². The molecule has 3 aliphatic heterocycles. The van der Waals surface area contributed by atoms with E-state index in [0.29, 0.717) is 0 Å². The predicted octanol–water partition coefficient (Wildman–Crippen LogP) is 2.90. The van der Waals surface area contributed by atoms with Crippen LogP contribution >= 0.6 is 0 Å². The Hall–Kier alpha value is -2.95. The number of hydrazone groups is 2. The van der Waals surface area contributed by atoms with Gasteiger partial charge in [-0.25, -0.2) is 5.01 Å². The fourth-order valence-electron chi connectivity index (χ4n) is 3.91. The van der Waals surface area contributed by atoms with Crippen LogP contribution in [0.2, 0.25) is 0 Å². The van der Waals surface area contributed by atoms with Crippen LogP contribution in [-0.4, -0.2) is 28.4 Å². The Morgan fingerprint density at radius 2 is 1.50 bits per heavy atom. The number of amides is 1. The van der Waals surface area contributed by atoms with Crippen LogP contribution in [0.4, 0.5) is 0 Å². The zero-order valence-corrected chi connectivity index (χ0v) is 13.2. The number of carbonyl (C=O) groups is 1. The van der Waals surface area contributed by atoms with Crippen LogP contribution in [0, 0.1) is 5.92 Å². The van der Waals surface area contributed by atoms with Crippen molar-refractivity contribution in [1.82, 2.24) is 10.0 Å². The van der Waals surface area contributed by atoms with Crippen LogP contribution in [0.15, 0.2) is 58.7 Å². The summed E-state index contributed by atoms with van der Waals surface area (Å²) in [7, 11) is 0. The molecule has 3 atom stereocenters. The summed E-state index contributed by atoms with van der Waals surface area (Å²) >= 11 is 0. The van der Waals surface area contributed by atoms with E-state index >= 15 is 0 Å². The van der Waals surface area contributed by atoms with Crippen molar-refractivity contribution in [1.29, 1.82) is 0 Å². The van der Waals surface area contributed by atoms with Gasteiger partial charge in [-0.15, -0.1) is 0 Å². The number of rotatable bonds is 0. The maximum Gasteiger partial charge on any atom is 0.250 e. The molecule has 1 saturated heterocycles. The van der Waals surface area contributed by atoms with Gasteiger partial charge in [-0.3, -0.25) is 9.80 Å². The highest BCUT2D eigenvalue weighted by Gasteiger charge is 2.49. The van der Waals surface area contributed by atoms with E-state index in [1.54, 1.807) is 11.2 Å². The number of nitrogens with zero attached hydrogens (tertiary/aromatic N) is 4. The molecule has 0 bridgehead atoms. The van der Waals surface area contributed by atoms with E-state index in [4.69, 9.17) is 5.10 Å². The minimum absolute atomic E-state index is 0.0407. The van der Waals surface area contributed by atoms with E-state index in [9.17, 15) is 4.79 Å². The van der Waals surface area contributed by atoms with Crippen LogP contribution in [0.3, 0.4) is 0 Å². The molecule has 24 heavy (non-hydrogen) atoms. The Balaban J connectivity index is 1.71. The van der Waals surface area contributed by atoms with E-state index in [1.165, 1.54) is 0 Å². The van der Waals surface area contributed by atoms with Crippen molar-refractivity contribution in [2.75, 3.05) is 0 Å². The van der Waals surface area contributed by atoms with Gasteiger partial charge in [-0.05, 0) is 11.1 Å². The molecule has 0 unspecified atom stereocenters. The fraction of sp³-hybridized carbons (Fsp3) is 0.211. The van der Waals surface area contributed by atoms with Gasteiger partial charge >= 0.3 is 0 Å². The summed E-state index contributed by atoms with van der Waals surface area (Å²) in [6.07, 6.45) is 3.36. The lowest BCUT2D eigenvalue weighted by molar-refractivity contribution is -0.159. The molecule has 118 valence electrons. The topological polar surface area (TPSA) is 48.3 Å². The quantitative estimate of drug-likeness (QED) is 0.750. The summed E-state index contributed by atoms with van der Waals surface area (Å²) in [5, 5.41) is 12.7. The third-order valence-electron chi connectivity index (χ3n) is 5.10. The monoisotopic (exact) mass is 316 g/mol. The highest BCUT2D eigenvalue weighted by atomic mass is 16.2. The van der Waals surface area contributed by atoms with Gasteiger partial charge in [-0.2, -0.15) is 10.2 Å². The summed E-state index contributed by atoms with van der Waals surface area (Å²) in [4.78, 5) is 13.0. The molecule has 3 aliphatic rings. The maximum absolute atomic E-state index is 13.0. The van der Waals surface area contributed by atoms with Crippen molar-refractivity contribution < 1.29 is 4.79 Å². The number of fused-ring (bicyclic) bond motifs is 7. The van der Waals surface area contributed by atoms with Gasteiger partial charge in [0.2, 0.25) is 5.91 Å². The minimum atomic E-state index is -0.287. The second-order valence-corrected chi connectivity index (χ2v) is 6.42. The van der Waals surface area contributed by atoms with Gasteiger partial charge in [0.15, 0.2) is 6.17 Å². The van der Waals surface area contributed by atoms with E-state index in [-0.39, 0.29) is 24.0 Å². The van der Waals surface area contributed by atoms with Crippen molar-refractivity contribution in [3.63, 3.8) is 0 Å². The lowest BCUT2D eigenvalue weighted by Crippen LogP contribution is -2.54. The number of hydrogen-bond acceptors (Lipinski definition) is 4. The summed E-state index contributed by atoms with van der Waals surface area (Å²) in [6, 6.07) is 16.2. The van der Waals surface area contributed by atoms with E-state index < -0.39 is 0 Å². The molecule has 5 nitrogen and oxygen atoms in total. The van der Waals surface area contributed by atoms with Gasteiger partial charge in [0.25, 0.3) is 0 Å². The Bertz CT molecular complexity index is 904. The minimum Gasteiger partial charge on any atom is -0.272 e. The Morgan fingerprint density at radius 3 is 2.29 bits per heavy atom. The van der Waals surface area contributed by atoms with Gasteiger partial charge in [0, 0.05) is 11.1 Å². The van der Waals surface area contributed by atoms with Crippen molar-refractivity contribution >= 4 is 18.3 Å². The van der Waals surface area contributed by atoms with E-state index in [2.05, 4.69) is 17.2 Å². The van der Waals surface area contributed by atoms with Crippen LogP contribution in [-0.2, 0) is 4.79 Å². The van der Waals surface area contributed by atoms with Crippen LogP contribution in [0.25, 0.3) is 0 Å². The molecule has 1 amide bonds. The molecule has 1 fully saturated rings. The smallest absolute Gasteiger partial charge is 0.250 e. The van der Waals surface area contributed by atoms with Crippen molar-refractivity contribution in [2.45, 2.75) is 19.1 Å². The normalized spacial score (nSPS) is 26.5. The molecule has 5 rings (SSSR count). The van der Waals surface area contributed by atoms with Crippen LogP contribution in [0.5, 0.6) is 0 Å². The third kappa shape index (κ3) is 1.67. The average Bonchev–Trinajstić information content (AvgIpc) is 2.64. The Kier molecular flexibility index (Phi) is 2.68. The zero-order valence-electron chi connectivity index (χ0n) is 13.2. The maximum atomic E-state index is 13.0. The molecule has 2 aromatic rings. The first-order valence-corrected chi connectivity index (χ1v) is 8.13. The highest BCUT2D eigenvalue weighted by molar-refractivity contribution is 5.90. The average molecular weight is 316 g/mol. The first-order valence-electron chi connectivity index (χ1n) is 8.13. The fourth-order valence-corrected chi connectivity index (χ4v) is 3.91. The summed E-state index contributed by atoms with van der Waals surface area (Å²) in [6.45, 7) is 1.96. The van der Waals surface area contributed by atoms with Gasteiger partial charge in [0.1, 0.15) is 0 Å². The summed E-state index contributed by atoms with van der Waals surface area (Å²) in [5.74, 6) is -0.166. The SMILES string of the molecule is C[C@@H]1C(=O)N2N=Cc3ccccc3[C@H]2N2N=Cc3ccccc3[C@@H]12. The molecular weight excluding hydrogens is 300 g/mol. The predicted molar refractivity (Wildman–Crippen MR) is 91.4 cm³/mol. The van der Waals surface area contributed by atoms with Gasteiger partial charge < -0.3 is 0 Å². The molecule has 0 radical (unpaired) electrons. The third-order valence-corrected chi connectivity index (χ3v) is 5.10. The Morgan fingerprint density at radius 1 is 0.875 bits per heavy atom. The lowest BCUT2D eigenvalue weighted by atomic mass is 9.85. The van der Waals surface area contributed by atoms with E-state index in [0.717, 1.165) is 22.3 Å². The number of carbonyl (C=O) groups excluding carboxylic acids is 1. The molecule has 0 aliphatic carbocycles. The largest absolute Gasteiger partial charge is 0.272 e. The standard InChI is InChI=1S/C19H16N4O/c1-12-17-15-8-4-2-6-13(15)10-20-22(17)18-16-9-5-3-7-14(16)11-21-23(18)19(12)24/h2-12,17-18H,1H3/t12-,17+,18-/m0/s1. The highest BCUT2D eigenvalue weighted by Crippen LogP contribution is 2.47. The van der Waals surface area contributed by atoms with Gasteiger partial charge in [0.05, 0.1) is 24.4 Å². The Labute approximate surface area is 139 Å². The summed E-state index contributed by atoms with van der Waals surface area (Å²) in [5.41, 5.74) is 4.34. The summed E-state index contributed by atoms with van der Waals surface area (Å²) < 4.78 is 0. The molecule has 3 heterocycles. The van der Waals surface area contributed by atoms with Gasteiger partial charge in [-0.1, -0.05) is 55.5 Å². The molecule has 2 aromatic carbocycles. The zero-order chi connectivity index (χ0) is 16.3. The van der Waals surface area contributed by atoms with E-state index in [1.807, 2.05) is 54.5 Å². The molecule has 0 N–H and O–H groups in total. The van der Waals surface area contributed by atoms with Crippen LogP contribution in [0.1, 0.15) is 41.4 Å². The van der Waals surface area contributed by atoms with Crippen molar-refractivity contribution in [3.8, 4) is 0 Å². The molecular formula is C19H16N4O. The van der Waals surface area contributed by atoms with Crippen LogP contribution < -0.4 is 0 Å². The molecule has 0 saturated carbocycles. The second kappa shape index (κ2) is 4.77. The number of hydrogen-bond donors (Lipinski definition) is 0. The second-order valence-electron chi connectivity index (χ2n) is 6.42. The molecule has 5 heteroatoms. The molecule has 0 spiro atoms. The van der Waals surface area contributed by atoms with Crippen molar-refractivity contribution in [2.24, 2.45) is 16.1 Å². The number of benzene rings is 2. The molecule has 0 aromatic heterocycles. The first-order chi connectivity index (χ1) is 11.8. The first kappa shape index (κ1) is 13.5.